The van der Waals surface area contributed by atoms with E-state index in [1.165, 1.54) is 12.8 Å². The molecule has 0 bridgehead atoms. The van der Waals surface area contributed by atoms with Crippen LogP contribution >= 0.6 is 0 Å². The highest BCUT2D eigenvalue weighted by Crippen LogP contribution is 2.18. The average Bonchev–Trinajstić information content (AvgIpc) is 3.43. The number of carbonyl (C=O) groups is 1. The van der Waals surface area contributed by atoms with E-state index in [1.54, 1.807) is 6.26 Å². The van der Waals surface area contributed by atoms with Crippen LogP contribution in [0, 0.1) is 0 Å². The summed E-state index contributed by atoms with van der Waals surface area (Å²) in [6.07, 6.45) is 7.53. The van der Waals surface area contributed by atoms with Crippen molar-refractivity contribution >= 4 is 17.6 Å². The van der Waals surface area contributed by atoms with Crippen molar-refractivity contribution in [2.75, 3.05) is 18.4 Å². The molecule has 31 heavy (non-hydrogen) atoms. The Kier molecular flexibility index (Phi) is 8.82. The molecule has 0 unspecified atom stereocenters. The number of rotatable bonds is 10. The molecule has 1 fully saturated rings. The Bertz CT molecular complexity index is 810. The van der Waals surface area contributed by atoms with Crippen LogP contribution in [0.15, 0.2) is 52.1 Å². The molecule has 7 heteroatoms. The number of nitrogens with zero attached hydrogens (tertiary/aromatic N) is 1. The zero-order valence-electron chi connectivity index (χ0n) is 18.5. The lowest BCUT2D eigenvalue weighted by molar-refractivity contribution is -0.121. The number of hydrogen-bond acceptors (Lipinski definition) is 4. The number of benzene rings is 1. The number of aliphatic imine (C=N–C) groups is 1. The van der Waals surface area contributed by atoms with Gasteiger partial charge in [0.05, 0.1) is 12.4 Å². The van der Waals surface area contributed by atoms with E-state index in [0.717, 1.165) is 30.0 Å². The van der Waals surface area contributed by atoms with Crippen molar-refractivity contribution in [3.63, 3.8) is 0 Å². The van der Waals surface area contributed by atoms with Crippen LogP contribution in [-0.4, -0.2) is 37.1 Å². The number of amides is 1. The van der Waals surface area contributed by atoms with Gasteiger partial charge in [-0.3, -0.25) is 9.79 Å². The normalized spacial score (nSPS) is 14.6. The second-order valence-electron chi connectivity index (χ2n) is 8.10. The molecule has 1 aliphatic rings. The topological polar surface area (TPSA) is 87.9 Å². The molecule has 1 aromatic heterocycles. The maximum absolute atomic E-state index is 12.2. The highest BCUT2D eigenvalue weighted by atomic mass is 16.5. The van der Waals surface area contributed by atoms with Gasteiger partial charge < -0.3 is 25.1 Å². The third kappa shape index (κ3) is 8.36. The van der Waals surface area contributed by atoms with Crippen molar-refractivity contribution in [1.82, 2.24) is 10.6 Å². The molecule has 7 nitrogen and oxygen atoms in total. The minimum absolute atomic E-state index is 0.0875. The van der Waals surface area contributed by atoms with E-state index in [4.69, 9.17) is 9.15 Å². The van der Waals surface area contributed by atoms with Crippen LogP contribution in [0.1, 0.15) is 51.7 Å². The zero-order chi connectivity index (χ0) is 21.9. The van der Waals surface area contributed by atoms with Crippen LogP contribution in [0.25, 0.3) is 0 Å². The van der Waals surface area contributed by atoms with Crippen LogP contribution in [0.4, 0.5) is 5.69 Å². The first-order chi connectivity index (χ1) is 15.1. The summed E-state index contributed by atoms with van der Waals surface area (Å²) in [5.41, 5.74) is 0.899. The first-order valence-corrected chi connectivity index (χ1v) is 11.2. The van der Waals surface area contributed by atoms with E-state index in [0.29, 0.717) is 37.9 Å². The predicted octanol–water partition coefficient (Wildman–Crippen LogP) is 4.12. The second kappa shape index (κ2) is 12.0. The maximum Gasteiger partial charge on any atom is 0.221 e. The zero-order valence-corrected chi connectivity index (χ0v) is 18.5. The van der Waals surface area contributed by atoms with Gasteiger partial charge in [0.15, 0.2) is 5.96 Å². The van der Waals surface area contributed by atoms with Gasteiger partial charge in [0, 0.05) is 37.7 Å². The van der Waals surface area contributed by atoms with E-state index >= 15 is 0 Å². The molecule has 1 heterocycles. The molecule has 0 atom stereocenters. The Balaban J connectivity index is 1.52. The van der Waals surface area contributed by atoms with E-state index in [9.17, 15) is 4.79 Å². The van der Waals surface area contributed by atoms with Gasteiger partial charge in [-0.05, 0) is 63.1 Å². The lowest BCUT2D eigenvalue weighted by Gasteiger charge is -2.15. The minimum atomic E-state index is 0.0875. The van der Waals surface area contributed by atoms with E-state index in [2.05, 4.69) is 20.9 Å². The molecule has 1 aliphatic carbocycles. The summed E-state index contributed by atoms with van der Waals surface area (Å²) in [5, 5.41) is 9.69. The van der Waals surface area contributed by atoms with E-state index in [1.807, 2.05) is 50.2 Å². The quantitative estimate of drug-likeness (QED) is 0.393. The molecule has 0 saturated heterocycles. The molecule has 2 aromatic rings. The van der Waals surface area contributed by atoms with Gasteiger partial charge in [0.25, 0.3) is 0 Å². The van der Waals surface area contributed by atoms with Crippen molar-refractivity contribution in [3.8, 4) is 5.75 Å². The predicted molar refractivity (Wildman–Crippen MR) is 124 cm³/mol. The molecule has 168 valence electrons. The molecule has 1 amide bonds. The molecule has 3 N–H and O–H groups in total. The van der Waals surface area contributed by atoms with Gasteiger partial charge in [-0.1, -0.05) is 12.8 Å². The van der Waals surface area contributed by atoms with Crippen molar-refractivity contribution < 1.29 is 13.9 Å². The van der Waals surface area contributed by atoms with Crippen LogP contribution in [0.2, 0.25) is 0 Å². The monoisotopic (exact) mass is 426 g/mol. The highest BCUT2D eigenvalue weighted by Gasteiger charge is 2.16. The molecular weight excluding hydrogens is 392 g/mol. The van der Waals surface area contributed by atoms with Gasteiger partial charge in [0.2, 0.25) is 5.91 Å². The first kappa shape index (κ1) is 22.7. The molecule has 1 aromatic carbocycles. The van der Waals surface area contributed by atoms with E-state index in [-0.39, 0.29) is 12.0 Å². The SMILES string of the molecule is CC(C)Oc1ccc(NC(=NCCc2ccco2)NCCC(=O)NC2CCCC2)cc1. The number of guanidine groups is 1. The maximum atomic E-state index is 12.2. The molecule has 0 aliphatic heterocycles. The van der Waals surface area contributed by atoms with Crippen molar-refractivity contribution in [1.29, 1.82) is 0 Å². The fraction of sp³-hybridized carbons (Fsp3) is 0.500. The smallest absolute Gasteiger partial charge is 0.221 e. The summed E-state index contributed by atoms with van der Waals surface area (Å²) in [4.78, 5) is 16.8. The van der Waals surface area contributed by atoms with Gasteiger partial charge in [-0.15, -0.1) is 0 Å². The number of anilines is 1. The van der Waals surface area contributed by atoms with Crippen molar-refractivity contribution in [2.24, 2.45) is 4.99 Å². The molecule has 3 rings (SSSR count). The largest absolute Gasteiger partial charge is 0.491 e. The summed E-state index contributed by atoms with van der Waals surface area (Å²) in [7, 11) is 0. The highest BCUT2D eigenvalue weighted by molar-refractivity contribution is 5.94. The second-order valence-corrected chi connectivity index (χ2v) is 8.10. The fourth-order valence-corrected chi connectivity index (χ4v) is 3.56. The molecule has 0 spiro atoms. The third-order valence-electron chi connectivity index (χ3n) is 5.06. The molecule has 0 radical (unpaired) electrons. The lowest BCUT2D eigenvalue weighted by atomic mass is 10.2. The summed E-state index contributed by atoms with van der Waals surface area (Å²) in [5.74, 6) is 2.45. The number of ether oxygens (including phenoxy) is 1. The van der Waals surface area contributed by atoms with Gasteiger partial charge >= 0.3 is 0 Å². The summed E-state index contributed by atoms with van der Waals surface area (Å²) < 4.78 is 11.1. The van der Waals surface area contributed by atoms with Crippen molar-refractivity contribution in [2.45, 2.75) is 64.5 Å². The van der Waals surface area contributed by atoms with Gasteiger partial charge in [-0.25, -0.2) is 0 Å². The summed E-state index contributed by atoms with van der Waals surface area (Å²) in [6, 6.07) is 11.9. The van der Waals surface area contributed by atoms with Crippen LogP contribution in [-0.2, 0) is 11.2 Å². The summed E-state index contributed by atoms with van der Waals surface area (Å²) >= 11 is 0. The van der Waals surface area contributed by atoms with Crippen LogP contribution < -0.4 is 20.7 Å². The average molecular weight is 427 g/mol. The Morgan fingerprint density at radius 3 is 2.65 bits per heavy atom. The Hall–Kier alpha value is -2.96. The van der Waals surface area contributed by atoms with E-state index < -0.39 is 0 Å². The Morgan fingerprint density at radius 2 is 1.97 bits per heavy atom. The van der Waals surface area contributed by atoms with Crippen molar-refractivity contribution in [3.05, 3.63) is 48.4 Å². The fourth-order valence-electron chi connectivity index (χ4n) is 3.56. The Morgan fingerprint density at radius 1 is 1.19 bits per heavy atom. The molecule has 1 saturated carbocycles. The number of carbonyl (C=O) groups excluding carboxylic acids is 1. The number of hydrogen-bond donors (Lipinski definition) is 3. The van der Waals surface area contributed by atoms with Gasteiger partial charge in [0.1, 0.15) is 11.5 Å². The number of furan rings is 1. The minimum Gasteiger partial charge on any atom is -0.491 e. The van der Waals surface area contributed by atoms with Crippen LogP contribution in [0.3, 0.4) is 0 Å². The van der Waals surface area contributed by atoms with Gasteiger partial charge in [-0.2, -0.15) is 0 Å². The Labute approximate surface area is 184 Å². The third-order valence-corrected chi connectivity index (χ3v) is 5.06. The molecular formula is C24H34N4O3. The number of nitrogens with one attached hydrogen (secondary N) is 3. The first-order valence-electron chi connectivity index (χ1n) is 11.2. The summed E-state index contributed by atoms with van der Waals surface area (Å²) in [6.45, 7) is 5.09. The van der Waals surface area contributed by atoms with Crippen LogP contribution in [0.5, 0.6) is 5.75 Å². The lowest BCUT2D eigenvalue weighted by Crippen LogP contribution is -2.37. The standard InChI is InChI=1S/C24H34N4O3/c1-18(2)31-22-11-9-20(10-12-22)28-24(25-15-13-21-8-5-17-30-21)26-16-14-23(29)27-19-6-3-4-7-19/h5,8-12,17-19H,3-4,6-7,13-16H2,1-2H3,(H,27,29)(H2,25,26,28).